The summed E-state index contributed by atoms with van der Waals surface area (Å²) in [5, 5.41) is 0.471. The molecule has 0 N–H and O–H groups in total. The van der Waals surface area contributed by atoms with Gasteiger partial charge in [-0.2, -0.15) is 0 Å². The van der Waals surface area contributed by atoms with Gasteiger partial charge in [0.25, 0.3) is 11.8 Å². The Kier molecular flexibility index (Phi) is 5.09. The van der Waals surface area contributed by atoms with Gasteiger partial charge in [0.15, 0.2) is 0 Å². The molecule has 1 heterocycles. The highest BCUT2D eigenvalue weighted by Crippen LogP contribution is 2.23. The second-order valence-electron chi connectivity index (χ2n) is 5.20. The zero-order chi connectivity index (χ0) is 14.5. The third-order valence-electron chi connectivity index (χ3n) is 2.78. The fourth-order valence-corrected chi connectivity index (χ4v) is 1.58. The van der Waals surface area contributed by atoms with Gasteiger partial charge >= 0.3 is 6.16 Å². The van der Waals surface area contributed by atoms with Crippen LogP contribution in [0.4, 0.5) is 4.79 Å². The molecule has 0 radical (unpaired) electrons. The molecule has 0 unspecified atom stereocenters. The van der Waals surface area contributed by atoms with E-state index in [2.05, 4.69) is 11.4 Å². The minimum atomic E-state index is -1.03. The highest BCUT2D eigenvalue weighted by Gasteiger charge is 2.33. The maximum atomic E-state index is 11.4. The molecule has 1 aliphatic rings. The van der Waals surface area contributed by atoms with Crippen molar-refractivity contribution in [3.8, 4) is 0 Å². The summed E-state index contributed by atoms with van der Waals surface area (Å²) in [5.41, 5.74) is -0.216. The second kappa shape index (κ2) is 6.36. The minimum Gasteiger partial charge on any atom is -0.432 e. The minimum absolute atomic E-state index is 0.0664. The zero-order valence-corrected chi connectivity index (χ0v) is 11.3. The first kappa shape index (κ1) is 15.2. The standard InChI is InChI=1S/C13H19NO5/c1-4-5-8-13(2,3)9-18-12(17)19-14-10(15)6-7-11(14)16/h4H,1,5-9H2,2-3H3. The number of amides is 2. The molecule has 0 spiro atoms. The molecular weight excluding hydrogens is 250 g/mol. The Morgan fingerprint density at radius 3 is 2.47 bits per heavy atom. The van der Waals surface area contributed by atoms with Gasteiger partial charge in [-0.05, 0) is 18.3 Å². The Morgan fingerprint density at radius 1 is 1.37 bits per heavy atom. The molecule has 19 heavy (non-hydrogen) atoms. The van der Waals surface area contributed by atoms with E-state index in [1.165, 1.54) is 0 Å². The van der Waals surface area contributed by atoms with Crippen molar-refractivity contribution in [1.82, 2.24) is 5.06 Å². The van der Waals surface area contributed by atoms with Crippen LogP contribution in [0.25, 0.3) is 0 Å². The number of ether oxygens (including phenoxy) is 1. The average molecular weight is 269 g/mol. The summed E-state index contributed by atoms with van der Waals surface area (Å²) in [5.74, 6) is -1.04. The number of allylic oxidation sites excluding steroid dienone is 1. The van der Waals surface area contributed by atoms with Gasteiger partial charge in [-0.25, -0.2) is 4.79 Å². The average Bonchev–Trinajstić information content (AvgIpc) is 2.66. The highest BCUT2D eigenvalue weighted by atomic mass is 16.8. The molecule has 0 aromatic carbocycles. The SMILES string of the molecule is C=CCCC(C)(C)COC(=O)ON1C(=O)CCC1=O. The van der Waals surface area contributed by atoms with Crippen molar-refractivity contribution in [2.45, 2.75) is 39.5 Å². The van der Waals surface area contributed by atoms with Crippen LogP contribution < -0.4 is 0 Å². The molecule has 6 heteroatoms. The molecule has 0 bridgehead atoms. The molecular formula is C13H19NO5. The number of rotatable bonds is 6. The van der Waals surface area contributed by atoms with Crippen LogP contribution in [0.5, 0.6) is 0 Å². The van der Waals surface area contributed by atoms with E-state index in [0.717, 1.165) is 12.8 Å². The van der Waals surface area contributed by atoms with Crippen molar-refractivity contribution in [1.29, 1.82) is 0 Å². The van der Waals surface area contributed by atoms with Crippen LogP contribution in [0, 0.1) is 5.41 Å². The lowest BCUT2D eigenvalue weighted by Gasteiger charge is -2.23. The first-order valence-electron chi connectivity index (χ1n) is 6.17. The number of imide groups is 1. The van der Waals surface area contributed by atoms with Gasteiger partial charge in [0.2, 0.25) is 0 Å². The van der Waals surface area contributed by atoms with Crippen LogP contribution >= 0.6 is 0 Å². The van der Waals surface area contributed by atoms with Crippen molar-refractivity contribution in [3.05, 3.63) is 12.7 Å². The van der Waals surface area contributed by atoms with Crippen molar-refractivity contribution >= 4 is 18.0 Å². The Morgan fingerprint density at radius 2 is 1.95 bits per heavy atom. The predicted molar refractivity (Wildman–Crippen MR) is 66.7 cm³/mol. The van der Waals surface area contributed by atoms with Crippen LogP contribution in [0.15, 0.2) is 12.7 Å². The van der Waals surface area contributed by atoms with Crippen LogP contribution in [0.2, 0.25) is 0 Å². The first-order chi connectivity index (χ1) is 8.85. The number of nitrogens with zero attached hydrogens (tertiary/aromatic N) is 1. The molecule has 6 nitrogen and oxygen atoms in total. The second-order valence-corrected chi connectivity index (χ2v) is 5.20. The Labute approximate surface area is 112 Å². The molecule has 0 aromatic rings. The molecule has 2 amide bonds. The van der Waals surface area contributed by atoms with Gasteiger partial charge < -0.3 is 4.74 Å². The van der Waals surface area contributed by atoms with Crippen molar-refractivity contribution in [3.63, 3.8) is 0 Å². The van der Waals surface area contributed by atoms with E-state index in [-0.39, 0.29) is 24.9 Å². The van der Waals surface area contributed by atoms with Crippen molar-refractivity contribution in [2.24, 2.45) is 5.41 Å². The number of hydroxylamine groups is 2. The molecule has 0 saturated carbocycles. The predicted octanol–water partition coefficient (Wildman–Crippen LogP) is 2.20. The summed E-state index contributed by atoms with van der Waals surface area (Å²) in [4.78, 5) is 38.4. The van der Waals surface area contributed by atoms with Crippen molar-refractivity contribution < 1.29 is 24.0 Å². The third-order valence-corrected chi connectivity index (χ3v) is 2.78. The van der Waals surface area contributed by atoms with E-state index in [4.69, 9.17) is 4.74 Å². The van der Waals surface area contributed by atoms with Gasteiger partial charge in [-0.15, -0.1) is 6.58 Å². The maximum Gasteiger partial charge on any atom is 0.533 e. The molecule has 106 valence electrons. The Bertz CT molecular complexity index is 372. The van der Waals surface area contributed by atoms with Gasteiger partial charge in [-0.1, -0.05) is 25.0 Å². The molecule has 0 aliphatic carbocycles. The fraction of sp³-hybridized carbons (Fsp3) is 0.615. The summed E-state index contributed by atoms with van der Waals surface area (Å²) in [7, 11) is 0. The van der Waals surface area contributed by atoms with E-state index in [1.807, 2.05) is 13.8 Å². The fourth-order valence-electron chi connectivity index (χ4n) is 1.58. The van der Waals surface area contributed by atoms with E-state index < -0.39 is 18.0 Å². The number of hydrogen-bond donors (Lipinski definition) is 0. The van der Waals surface area contributed by atoms with Gasteiger partial charge in [0.1, 0.15) is 6.61 Å². The summed E-state index contributed by atoms with van der Waals surface area (Å²) >= 11 is 0. The summed E-state index contributed by atoms with van der Waals surface area (Å²) < 4.78 is 4.92. The summed E-state index contributed by atoms with van der Waals surface area (Å²) in [6, 6.07) is 0. The lowest BCUT2D eigenvalue weighted by Crippen LogP contribution is -2.33. The third kappa shape index (κ3) is 4.73. The highest BCUT2D eigenvalue weighted by molar-refractivity contribution is 6.01. The van der Waals surface area contributed by atoms with Crippen molar-refractivity contribution in [2.75, 3.05) is 6.61 Å². The molecule has 0 aromatic heterocycles. The molecule has 0 atom stereocenters. The summed E-state index contributed by atoms with van der Waals surface area (Å²) in [6.45, 7) is 7.66. The quantitative estimate of drug-likeness (QED) is 0.420. The lowest BCUT2D eigenvalue weighted by molar-refractivity contribution is -0.177. The zero-order valence-electron chi connectivity index (χ0n) is 11.3. The molecule has 1 fully saturated rings. The van der Waals surface area contributed by atoms with E-state index in [0.29, 0.717) is 5.06 Å². The maximum absolute atomic E-state index is 11.4. The largest absolute Gasteiger partial charge is 0.533 e. The van der Waals surface area contributed by atoms with Gasteiger partial charge in [-0.3, -0.25) is 14.4 Å². The summed E-state index contributed by atoms with van der Waals surface area (Å²) in [6.07, 6.45) is 2.52. The first-order valence-corrected chi connectivity index (χ1v) is 6.17. The normalized spacial score (nSPS) is 15.6. The number of hydrogen-bond acceptors (Lipinski definition) is 5. The monoisotopic (exact) mass is 269 g/mol. The number of carbonyl (C=O) groups excluding carboxylic acids is 3. The molecule has 1 rings (SSSR count). The Balaban J connectivity index is 2.37. The van der Waals surface area contributed by atoms with E-state index >= 15 is 0 Å². The topological polar surface area (TPSA) is 72.9 Å². The van der Waals surface area contributed by atoms with Crippen LogP contribution in [0.3, 0.4) is 0 Å². The van der Waals surface area contributed by atoms with Gasteiger partial charge in [0, 0.05) is 12.8 Å². The smallest absolute Gasteiger partial charge is 0.432 e. The van der Waals surface area contributed by atoms with Crippen LogP contribution in [-0.4, -0.2) is 29.6 Å². The van der Waals surface area contributed by atoms with Crippen LogP contribution in [0.1, 0.15) is 39.5 Å². The Hall–Kier alpha value is -1.85. The molecule has 1 saturated heterocycles. The lowest BCUT2D eigenvalue weighted by atomic mass is 9.89. The number of carbonyl (C=O) groups is 3. The van der Waals surface area contributed by atoms with E-state index in [1.54, 1.807) is 6.08 Å². The van der Waals surface area contributed by atoms with Crippen LogP contribution in [-0.2, 0) is 19.2 Å². The van der Waals surface area contributed by atoms with E-state index in [9.17, 15) is 14.4 Å². The van der Waals surface area contributed by atoms with Gasteiger partial charge in [0.05, 0.1) is 0 Å². The molecule has 1 aliphatic heterocycles.